The first-order valence-electron chi connectivity index (χ1n) is 6.72. The Morgan fingerprint density at radius 1 is 1.10 bits per heavy atom. The Labute approximate surface area is 125 Å². The number of hydrogen-bond acceptors (Lipinski definition) is 3. The molecule has 0 unspecified atom stereocenters. The molecule has 0 saturated carbocycles. The number of benzene rings is 1. The second-order valence-electron chi connectivity index (χ2n) is 4.92. The van der Waals surface area contributed by atoms with Crippen molar-refractivity contribution < 1.29 is 19.4 Å². The molecule has 0 aromatic heterocycles. The molecule has 5 heteroatoms. The second kappa shape index (κ2) is 5.48. The van der Waals surface area contributed by atoms with Crippen LogP contribution in [0, 0.1) is 0 Å². The van der Waals surface area contributed by atoms with Gasteiger partial charge in [-0.25, -0.2) is 4.79 Å². The van der Waals surface area contributed by atoms with Gasteiger partial charge in [-0.15, -0.1) is 0 Å². The first-order valence-corrected chi connectivity index (χ1v) is 7.51. The number of ether oxygens (including phenoxy) is 2. The van der Waals surface area contributed by atoms with E-state index in [1.165, 1.54) is 0 Å². The van der Waals surface area contributed by atoms with E-state index in [0.29, 0.717) is 13.2 Å². The van der Waals surface area contributed by atoms with E-state index in [0.717, 1.165) is 64.4 Å². The van der Waals surface area contributed by atoms with Gasteiger partial charge < -0.3 is 14.6 Å². The molecule has 20 heavy (non-hydrogen) atoms. The van der Waals surface area contributed by atoms with Crippen LogP contribution in [-0.4, -0.2) is 24.3 Å². The molecule has 2 aliphatic rings. The van der Waals surface area contributed by atoms with Crippen LogP contribution in [0.25, 0.3) is 6.08 Å². The maximum Gasteiger partial charge on any atom is 0.328 e. The van der Waals surface area contributed by atoms with Crippen molar-refractivity contribution in [2.75, 3.05) is 13.2 Å². The number of aliphatic carboxylic acids is 1. The molecule has 1 N–H and O–H groups in total. The molecular weight excluding hydrogens is 324 g/mol. The largest absolute Gasteiger partial charge is 0.493 e. The van der Waals surface area contributed by atoms with Gasteiger partial charge in [0.25, 0.3) is 0 Å². The monoisotopic (exact) mass is 338 g/mol. The maximum atomic E-state index is 10.8. The van der Waals surface area contributed by atoms with E-state index in [1.54, 1.807) is 6.08 Å². The summed E-state index contributed by atoms with van der Waals surface area (Å²) in [5.41, 5.74) is 2.99. The van der Waals surface area contributed by atoms with Crippen molar-refractivity contribution >= 4 is 28.0 Å². The third kappa shape index (κ3) is 2.30. The molecule has 0 radical (unpaired) electrons. The van der Waals surface area contributed by atoms with Gasteiger partial charge in [0.2, 0.25) is 0 Å². The molecule has 2 aliphatic heterocycles. The van der Waals surface area contributed by atoms with Gasteiger partial charge in [0, 0.05) is 22.8 Å². The number of fused-ring (bicyclic) bond motifs is 2. The van der Waals surface area contributed by atoms with Crippen molar-refractivity contribution in [3.63, 3.8) is 0 Å². The molecule has 2 heterocycles. The smallest absolute Gasteiger partial charge is 0.328 e. The van der Waals surface area contributed by atoms with Gasteiger partial charge in [-0.1, -0.05) is 0 Å². The van der Waals surface area contributed by atoms with Crippen molar-refractivity contribution in [2.24, 2.45) is 0 Å². The number of carboxylic acid groups (broad SMARTS) is 1. The average molecular weight is 339 g/mol. The Morgan fingerprint density at radius 2 is 1.75 bits per heavy atom. The third-order valence-electron chi connectivity index (χ3n) is 3.61. The van der Waals surface area contributed by atoms with E-state index in [4.69, 9.17) is 14.6 Å². The van der Waals surface area contributed by atoms with Gasteiger partial charge in [0.05, 0.1) is 17.7 Å². The Bertz CT molecular complexity index is 555. The summed E-state index contributed by atoms with van der Waals surface area (Å²) in [4.78, 5) is 10.8. The topological polar surface area (TPSA) is 55.8 Å². The van der Waals surface area contributed by atoms with Crippen LogP contribution in [0.15, 0.2) is 10.5 Å². The Balaban J connectivity index is 2.21. The number of hydrogen-bond donors (Lipinski definition) is 1. The van der Waals surface area contributed by atoms with Crippen molar-refractivity contribution in [2.45, 2.75) is 25.7 Å². The standard InChI is InChI=1S/C15H15BrO4/c16-13-11-4-2-7-19-14(11)10(5-6-12(17)18)9-3-1-8-20-15(9)13/h5-6H,1-4,7-8H2,(H,17,18)/b6-5+. The van der Waals surface area contributed by atoms with Crippen LogP contribution in [0.2, 0.25) is 0 Å². The fraction of sp³-hybridized carbons (Fsp3) is 0.400. The van der Waals surface area contributed by atoms with Crippen LogP contribution >= 0.6 is 15.9 Å². The zero-order valence-corrected chi connectivity index (χ0v) is 12.5. The van der Waals surface area contributed by atoms with Crippen LogP contribution in [0.1, 0.15) is 29.5 Å². The molecular formula is C15H15BrO4. The zero-order valence-electron chi connectivity index (χ0n) is 10.9. The predicted molar refractivity (Wildman–Crippen MR) is 78.4 cm³/mol. The molecule has 1 aromatic carbocycles. The third-order valence-corrected chi connectivity index (χ3v) is 4.45. The fourth-order valence-corrected chi connectivity index (χ4v) is 3.49. The maximum absolute atomic E-state index is 10.8. The highest BCUT2D eigenvalue weighted by Crippen LogP contribution is 2.46. The normalized spacial score (nSPS) is 17.1. The molecule has 0 atom stereocenters. The van der Waals surface area contributed by atoms with E-state index >= 15 is 0 Å². The molecule has 0 fully saturated rings. The van der Waals surface area contributed by atoms with Crippen molar-refractivity contribution in [1.82, 2.24) is 0 Å². The van der Waals surface area contributed by atoms with E-state index < -0.39 is 5.97 Å². The van der Waals surface area contributed by atoms with Crippen LogP contribution in [-0.2, 0) is 17.6 Å². The summed E-state index contributed by atoms with van der Waals surface area (Å²) >= 11 is 3.62. The van der Waals surface area contributed by atoms with Crippen LogP contribution in [0.3, 0.4) is 0 Å². The minimum Gasteiger partial charge on any atom is -0.493 e. The first kappa shape index (κ1) is 13.5. The lowest BCUT2D eigenvalue weighted by molar-refractivity contribution is -0.131. The molecule has 3 rings (SSSR count). The predicted octanol–water partition coefficient (Wildman–Crippen LogP) is 3.20. The number of halogens is 1. The summed E-state index contributed by atoms with van der Waals surface area (Å²) < 4.78 is 12.6. The van der Waals surface area contributed by atoms with Crippen LogP contribution in [0.5, 0.6) is 11.5 Å². The fourth-order valence-electron chi connectivity index (χ4n) is 2.76. The summed E-state index contributed by atoms with van der Waals surface area (Å²) in [5, 5.41) is 8.87. The van der Waals surface area contributed by atoms with Gasteiger partial charge in [0.1, 0.15) is 11.5 Å². The van der Waals surface area contributed by atoms with Gasteiger partial charge in [-0.2, -0.15) is 0 Å². The molecule has 106 valence electrons. The Hall–Kier alpha value is -1.49. The highest BCUT2D eigenvalue weighted by atomic mass is 79.9. The minimum absolute atomic E-state index is 0.674. The molecule has 0 spiro atoms. The lowest BCUT2D eigenvalue weighted by Crippen LogP contribution is -2.16. The highest BCUT2D eigenvalue weighted by molar-refractivity contribution is 9.10. The van der Waals surface area contributed by atoms with Crippen molar-refractivity contribution in [3.8, 4) is 11.5 Å². The van der Waals surface area contributed by atoms with Crippen molar-refractivity contribution in [1.29, 1.82) is 0 Å². The number of rotatable bonds is 2. The summed E-state index contributed by atoms with van der Waals surface area (Å²) in [6.45, 7) is 1.38. The quantitative estimate of drug-likeness (QED) is 0.841. The highest BCUT2D eigenvalue weighted by Gasteiger charge is 2.27. The lowest BCUT2D eigenvalue weighted by Gasteiger charge is -2.28. The number of carboxylic acids is 1. The van der Waals surface area contributed by atoms with Crippen LogP contribution in [0.4, 0.5) is 0 Å². The Kier molecular flexibility index (Phi) is 3.70. The number of carbonyl (C=O) groups is 1. The van der Waals surface area contributed by atoms with Crippen molar-refractivity contribution in [3.05, 3.63) is 27.2 Å². The molecule has 0 amide bonds. The molecule has 1 aromatic rings. The van der Waals surface area contributed by atoms with Crippen LogP contribution < -0.4 is 9.47 Å². The SMILES string of the molecule is O=C(O)/C=C/c1c2c(c(Br)c3c1OCCC3)OCCC2. The molecule has 4 nitrogen and oxygen atoms in total. The second-order valence-corrected chi connectivity index (χ2v) is 5.71. The van der Waals surface area contributed by atoms with Gasteiger partial charge in [-0.3, -0.25) is 0 Å². The van der Waals surface area contributed by atoms with Gasteiger partial charge >= 0.3 is 5.97 Å². The summed E-state index contributed by atoms with van der Waals surface area (Å²) in [6, 6.07) is 0. The zero-order chi connectivity index (χ0) is 14.1. The van der Waals surface area contributed by atoms with Gasteiger partial charge in [0.15, 0.2) is 0 Å². The van der Waals surface area contributed by atoms with E-state index in [1.807, 2.05) is 0 Å². The van der Waals surface area contributed by atoms with E-state index in [-0.39, 0.29) is 0 Å². The molecule has 0 aliphatic carbocycles. The summed E-state index contributed by atoms with van der Waals surface area (Å²) in [5.74, 6) is 0.707. The summed E-state index contributed by atoms with van der Waals surface area (Å²) in [6.07, 6.45) is 6.49. The molecule has 0 saturated heterocycles. The lowest BCUT2D eigenvalue weighted by atomic mass is 9.93. The minimum atomic E-state index is -0.956. The Morgan fingerprint density at radius 3 is 2.45 bits per heavy atom. The molecule has 0 bridgehead atoms. The summed E-state index contributed by atoms with van der Waals surface area (Å²) in [7, 11) is 0. The average Bonchev–Trinajstić information content (AvgIpc) is 2.47. The first-order chi connectivity index (χ1) is 9.68. The van der Waals surface area contributed by atoms with E-state index in [2.05, 4.69) is 15.9 Å². The van der Waals surface area contributed by atoms with Gasteiger partial charge in [-0.05, 0) is 47.7 Å². The van der Waals surface area contributed by atoms with E-state index in [9.17, 15) is 4.79 Å².